The van der Waals surface area contributed by atoms with Crippen molar-refractivity contribution < 1.29 is 14.3 Å². The van der Waals surface area contributed by atoms with E-state index in [0.29, 0.717) is 26.8 Å². The number of anilines is 1. The number of halogens is 2. The standard InChI is InChI=1S/C27H18Br2N4O3S/c1-16(34)36-24-19(12-20(28)14-21(24)29)13-22-26(35)32-33(25(31-22)18-10-6-3-7-11-18)27-30-15-23(37-27)17-8-4-2-5-9-17/h2-15H,1H3,(H,32,35)/b22-13-. The number of aliphatic imine (C=N–C) groups is 1. The maximum atomic E-state index is 13.3. The average Bonchev–Trinajstić information content (AvgIpc) is 3.38. The minimum absolute atomic E-state index is 0.147. The third-order valence-electron chi connectivity index (χ3n) is 5.23. The van der Waals surface area contributed by atoms with Crippen molar-refractivity contribution in [3.63, 3.8) is 0 Å². The second-order valence-electron chi connectivity index (χ2n) is 7.88. The molecule has 0 atom stereocenters. The molecule has 7 nitrogen and oxygen atoms in total. The highest BCUT2D eigenvalue weighted by atomic mass is 79.9. The van der Waals surface area contributed by atoms with Gasteiger partial charge in [-0.2, -0.15) is 0 Å². The summed E-state index contributed by atoms with van der Waals surface area (Å²) in [7, 11) is 0. The first-order valence-electron chi connectivity index (χ1n) is 11.0. The van der Waals surface area contributed by atoms with Crippen molar-refractivity contribution in [3.05, 3.63) is 105 Å². The van der Waals surface area contributed by atoms with Gasteiger partial charge in [-0.25, -0.2) is 15.0 Å². The summed E-state index contributed by atoms with van der Waals surface area (Å²) < 4.78 is 6.70. The third-order valence-corrected chi connectivity index (χ3v) is 7.31. The molecule has 0 spiro atoms. The van der Waals surface area contributed by atoms with Crippen molar-refractivity contribution in [2.24, 2.45) is 4.99 Å². The molecule has 0 radical (unpaired) electrons. The molecule has 0 saturated heterocycles. The largest absolute Gasteiger partial charge is 0.425 e. The van der Waals surface area contributed by atoms with E-state index < -0.39 is 11.9 Å². The zero-order chi connectivity index (χ0) is 25.9. The highest BCUT2D eigenvalue weighted by Crippen LogP contribution is 2.36. The SMILES string of the molecule is CC(=O)Oc1c(Br)cc(Br)cc1/C=C1\N=C(c2ccccc2)N(c2ncc(-c3ccccc3)s2)NC1=O. The van der Waals surface area contributed by atoms with Crippen LogP contribution in [0.25, 0.3) is 16.5 Å². The lowest BCUT2D eigenvalue weighted by Crippen LogP contribution is -2.50. The number of hydrazine groups is 1. The van der Waals surface area contributed by atoms with E-state index in [0.717, 1.165) is 20.5 Å². The fourth-order valence-electron chi connectivity index (χ4n) is 3.63. The van der Waals surface area contributed by atoms with Crippen LogP contribution in [0.2, 0.25) is 0 Å². The predicted molar refractivity (Wildman–Crippen MR) is 152 cm³/mol. The summed E-state index contributed by atoms with van der Waals surface area (Å²) in [6.45, 7) is 1.32. The number of ether oxygens (including phenoxy) is 1. The number of rotatable bonds is 5. The van der Waals surface area contributed by atoms with Crippen molar-refractivity contribution >= 4 is 72.1 Å². The summed E-state index contributed by atoms with van der Waals surface area (Å²) in [4.78, 5) is 35.2. The van der Waals surface area contributed by atoms with Gasteiger partial charge in [0.1, 0.15) is 5.70 Å². The second-order valence-corrected chi connectivity index (χ2v) is 10.7. The van der Waals surface area contributed by atoms with Gasteiger partial charge in [0.25, 0.3) is 5.91 Å². The van der Waals surface area contributed by atoms with E-state index >= 15 is 0 Å². The minimum atomic E-state index is -0.478. The number of aromatic nitrogens is 1. The van der Waals surface area contributed by atoms with Gasteiger partial charge in [-0.05, 0) is 39.7 Å². The van der Waals surface area contributed by atoms with Crippen LogP contribution in [-0.2, 0) is 9.59 Å². The van der Waals surface area contributed by atoms with Crippen LogP contribution in [0.3, 0.4) is 0 Å². The van der Waals surface area contributed by atoms with Gasteiger partial charge >= 0.3 is 5.97 Å². The lowest BCUT2D eigenvalue weighted by atomic mass is 10.1. The molecule has 3 aromatic carbocycles. The molecule has 10 heteroatoms. The molecule has 0 bridgehead atoms. The summed E-state index contributed by atoms with van der Waals surface area (Å²) in [6, 6.07) is 23.0. The lowest BCUT2D eigenvalue weighted by molar-refractivity contribution is -0.132. The molecule has 0 fully saturated rings. The molecule has 0 aliphatic carbocycles. The maximum Gasteiger partial charge on any atom is 0.308 e. The number of nitrogens with one attached hydrogen (secondary N) is 1. The summed E-state index contributed by atoms with van der Waals surface area (Å²) >= 11 is 8.32. The van der Waals surface area contributed by atoms with E-state index in [1.165, 1.54) is 18.3 Å². The average molecular weight is 638 g/mol. The van der Waals surface area contributed by atoms with E-state index in [1.54, 1.807) is 29.4 Å². The number of carbonyl (C=O) groups is 2. The van der Waals surface area contributed by atoms with Crippen molar-refractivity contribution in [2.45, 2.75) is 6.92 Å². The fourth-order valence-corrected chi connectivity index (χ4v) is 5.86. The number of esters is 1. The van der Waals surface area contributed by atoms with Gasteiger partial charge in [0.2, 0.25) is 5.13 Å². The van der Waals surface area contributed by atoms with Gasteiger partial charge in [0.05, 0.1) is 9.35 Å². The van der Waals surface area contributed by atoms with Crippen LogP contribution in [0.4, 0.5) is 5.13 Å². The minimum Gasteiger partial charge on any atom is -0.425 e. The molecule has 2 heterocycles. The van der Waals surface area contributed by atoms with Crippen LogP contribution in [0.15, 0.2) is 98.6 Å². The van der Waals surface area contributed by atoms with Crippen molar-refractivity contribution in [2.75, 3.05) is 5.01 Å². The van der Waals surface area contributed by atoms with Crippen LogP contribution in [0.5, 0.6) is 5.75 Å². The van der Waals surface area contributed by atoms with Gasteiger partial charge < -0.3 is 4.74 Å². The van der Waals surface area contributed by atoms with Crippen LogP contribution < -0.4 is 15.2 Å². The summed E-state index contributed by atoms with van der Waals surface area (Å²) in [5.41, 5.74) is 5.40. The molecule has 0 unspecified atom stereocenters. The van der Waals surface area contributed by atoms with E-state index in [9.17, 15) is 9.59 Å². The Balaban J connectivity index is 1.61. The van der Waals surface area contributed by atoms with E-state index in [-0.39, 0.29) is 5.70 Å². The van der Waals surface area contributed by atoms with Crippen LogP contribution in [0, 0.1) is 0 Å². The van der Waals surface area contributed by atoms with E-state index in [1.807, 2.05) is 60.7 Å². The number of thiazole rings is 1. The van der Waals surface area contributed by atoms with E-state index in [2.05, 4.69) is 42.3 Å². The van der Waals surface area contributed by atoms with Crippen LogP contribution in [-0.4, -0.2) is 22.7 Å². The number of benzene rings is 3. The predicted octanol–water partition coefficient (Wildman–Crippen LogP) is 6.60. The van der Waals surface area contributed by atoms with E-state index in [4.69, 9.17) is 9.73 Å². The zero-order valence-electron chi connectivity index (χ0n) is 19.3. The van der Waals surface area contributed by atoms with Gasteiger partial charge in [0, 0.05) is 28.7 Å². The molecule has 5 rings (SSSR count). The molecule has 1 N–H and O–H groups in total. The van der Waals surface area contributed by atoms with Crippen molar-refractivity contribution in [1.29, 1.82) is 0 Å². The number of carbonyl (C=O) groups excluding carboxylic acids is 2. The first-order chi connectivity index (χ1) is 17.9. The Kier molecular flexibility index (Phi) is 7.31. The second kappa shape index (κ2) is 10.8. The molecule has 0 saturated carbocycles. The molecular weight excluding hydrogens is 620 g/mol. The maximum absolute atomic E-state index is 13.3. The normalized spacial score (nSPS) is 14.4. The Bertz CT molecular complexity index is 1550. The summed E-state index contributed by atoms with van der Waals surface area (Å²) in [5.74, 6) is -0.111. The molecule has 184 valence electrons. The number of hydrogen-bond donors (Lipinski definition) is 1. The summed E-state index contributed by atoms with van der Waals surface area (Å²) in [6.07, 6.45) is 3.36. The Morgan fingerprint density at radius 1 is 1.03 bits per heavy atom. The molecule has 4 aromatic rings. The quantitative estimate of drug-likeness (QED) is 0.151. The monoisotopic (exact) mass is 636 g/mol. The molecular formula is C27H18Br2N4O3S. The summed E-state index contributed by atoms with van der Waals surface area (Å²) in [5, 5.41) is 2.16. The number of amides is 1. The Morgan fingerprint density at radius 3 is 2.38 bits per heavy atom. The molecule has 1 aliphatic heterocycles. The highest BCUT2D eigenvalue weighted by Gasteiger charge is 2.29. The number of amidine groups is 1. The number of hydrogen-bond acceptors (Lipinski definition) is 7. The lowest BCUT2D eigenvalue weighted by Gasteiger charge is -2.28. The van der Waals surface area contributed by atoms with Crippen LogP contribution in [0.1, 0.15) is 18.1 Å². The van der Waals surface area contributed by atoms with Crippen molar-refractivity contribution in [1.82, 2.24) is 10.4 Å². The molecule has 37 heavy (non-hydrogen) atoms. The number of nitrogens with zero attached hydrogens (tertiary/aromatic N) is 3. The zero-order valence-corrected chi connectivity index (χ0v) is 23.3. The Hall–Kier alpha value is -3.60. The smallest absolute Gasteiger partial charge is 0.308 e. The van der Waals surface area contributed by atoms with Crippen LogP contribution >= 0.6 is 43.2 Å². The molecule has 1 amide bonds. The van der Waals surface area contributed by atoms with Gasteiger partial charge in [-0.3, -0.25) is 15.0 Å². The fraction of sp³-hybridized carbons (Fsp3) is 0.0370. The molecule has 1 aliphatic rings. The first kappa shape index (κ1) is 25.1. The van der Waals surface area contributed by atoms with Gasteiger partial charge in [-0.15, -0.1) is 0 Å². The molecule has 1 aromatic heterocycles. The Labute approximate surface area is 233 Å². The first-order valence-corrected chi connectivity index (χ1v) is 13.4. The Morgan fingerprint density at radius 2 is 1.70 bits per heavy atom. The topological polar surface area (TPSA) is 83.9 Å². The van der Waals surface area contributed by atoms with Gasteiger partial charge in [-0.1, -0.05) is 87.9 Å². The van der Waals surface area contributed by atoms with Gasteiger partial charge in [0.15, 0.2) is 11.6 Å². The highest BCUT2D eigenvalue weighted by molar-refractivity contribution is 9.11. The van der Waals surface area contributed by atoms with Crippen molar-refractivity contribution in [3.8, 4) is 16.2 Å². The third kappa shape index (κ3) is 5.56.